The van der Waals surface area contributed by atoms with Crippen molar-refractivity contribution >= 4 is 11.8 Å². The summed E-state index contributed by atoms with van der Waals surface area (Å²) in [5.41, 5.74) is 0.797. The molecule has 24 heavy (non-hydrogen) atoms. The van der Waals surface area contributed by atoms with Crippen LogP contribution in [0.15, 0.2) is 18.3 Å². The number of aliphatic hydroxyl groups is 1. The van der Waals surface area contributed by atoms with E-state index in [1.807, 2.05) is 4.90 Å². The van der Waals surface area contributed by atoms with Gasteiger partial charge in [-0.05, 0) is 31.4 Å². The highest BCUT2D eigenvalue weighted by Gasteiger charge is 2.33. The molecule has 3 rings (SSSR count). The summed E-state index contributed by atoms with van der Waals surface area (Å²) in [7, 11) is 1.55. The van der Waals surface area contributed by atoms with Gasteiger partial charge in [-0.3, -0.25) is 19.5 Å². The van der Waals surface area contributed by atoms with E-state index < -0.39 is 0 Å². The van der Waals surface area contributed by atoms with Crippen molar-refractivity contribution < 1.29 is 14.7 Å². The first-order valence-corrected chi connectivity index (χ1v) is 8.49. The largest absolute Gasteiger partial charge is 0.391 e. The van der Waals surface area contributed by atoms with Crippen LogP contribution in [-0.4, -0.2) is 77.1 Å². The molecule has 2 aliphatic rings. The number of hydrogen-bond acceptors (Lipinski definition) is 5. The lowest BCUT2D eigenvalue weighted by Crippen LogP contribution is -2.53. The van der Waals surface area contributed by atoms with Gasteiger partial charge in [-0.15, -0.1) is 0 Å². The maximum atomic E-state index is 12.6. The number of nitrogens with zero attached hydrogens (tertiary/aromatic N) is 3. The summed E-state index contributed by atoms with van der Waals surface area (Å²) < 4.78 is 0. The van der Waals surface area contributed by atoms with Gasteiger partial charge in [-0.2, -0.15) is 0 Å². The number of carbonyl (C=O) groups is 2. The summed E-state index contributed by atoms with van der Waals surface area (Å²) >= 11 is 0. The fraction of sp³-hybridized carbons (Fsp3) is 0.588. The number of amides is 2. The molecule has 0 unspecified atom stereocenters. The van der Waals surface area contributed by atoms with Gasteiger partial charge >= 0.3 is 0 Å². The molecule has 0 spiro atoms. The maximum absolute atomic E-state index is 12.6. The number of rotatable bonds is 3. The van der Waals surface area contributed by atoms with Crippen molar-refractivity contribution in [2.75, 3.05) is 33.2 Å². The van der Waals surface area contributed by atoms with Gasteiger partial charge in [0.25, 0.3) is 11.8 Å². The van der Waals surface area contributed by atoms with Crippen molar-refractivity contribution in [3.8, 4) is 0 Å². The lowest BCUT2D eigenvalue weighted by Gasteiger charge is -2.39. The summed E-state index contributed by atoms with van der Waals surface area (Å²) in [6.07, 6.45) is 4.23. The first-order valence-electron chi connectivity index (χ1n) is 8.49. The van der Waals surface area contributed by atoms with Gasteiger partial charge < -0.3 is 15.3 Å². The topological polar surface area (TPSA) is 85.8 Å². The molecule has 130 valence electrons. The predicted octanol–water partition coefficient (Wildman–Crippen LogP) is 0.112. The molecular formula is C17H24N4O3. The molecule has 2 heterocycles. The summed E-state index contributed by atoms with van der Waals surface area (Å²) in [5.74, 6) is -0.324. The zero-order valence-electron chi connectivity index (χ0n) is 13.9. The van der Waals surface area contributed by atoms with Crippen LogP contribution >= 0.6 is 0 Å². The minimum absolute atomic E-state index is 0.0578. The highest BCUT2D eigenvalue weighted by Crippen LogP contribution is 2.25. The minimum Gasteiger partial charge on any atom is -0.391 e. The molecular weight excluding hydrogens is 308 g/mol. The van der Waals surface area contributed by atoms with Gasteiger partial charge in [0, 0.05) is 45.5 Å². The highest BCUT2D eigenvalue weighted by atomic mass is 16.3. The molecule has 2 fully saturated rings. The van der Waals surface area contributed by atoms with Crippen molar-refractivity contribution in [2.45, 2.75) is 31.4 Å². The van der Waals surface area contributed by atoms with E-state index in [0.29, 0.717) is 24.3 Å². The number of piperazine rings is 1. The van der Waals surface area contributed by atoms with Crippen molar-refractivity contribution in [3.05, 3.63) is 29.6 Å². The molecule has 1 aliphatic heterocycles. The molecule has 2 N–H and O–H groups in total. The van der Waals surface area contributed by atoms with Crippen molar-refractivity contribution in [1.29, 1.82) is 0 Å². The molecule has 1 aromatic heterocycles. The average Bonchev–Trinajstić information content (AvgIpc) is 3.06. The molecule has 1 aromatic rings. The minimum atomic E-state index is -0.266. The zero-order valence-corrected chi connectivity index (χ0v) is 13.9. The van der Waals surface area contributed by atoms with Crippen LogP contribution in [0.5, 0.6) is 0 Å². The van der Waals surface area contributed by atoms with Gasteiger partial charge in [0.2, 0.25) is 0 Å². The summed E-state index contributed by atoms with van der Waals surface area (Å²) in [5, 5.41) is 12.5. The SMILES string of the molecule is CNC(=O)c1ccc(C(=O)N2CCN([C@H]3CCC[C@@H]3O)CC2)cn1. The molecule has 1 saturated carbocycles. The summed E-state index contributed by atoms with van der Waals surface area (Å²) in [6, 6.07) is 3.46. The van der Waals surface area contributed by atoms with Crippen molar-refractivity contribution in [1.82, 2.24) is 20.1 Å². The van der Waals surface area contributed by atoms with Crippen LogP contribution in [0.25, 0.3) is 0 Å². The molecule has 2 amide bonds. The van der Waals surface area contributed by atoms with Crippen LogP contribution in [0, 0.1) is 0 Å². The maximum Gasteiger partial charge on any atom is 0.269 e. The quantitative estimate of drug-likeness (QED) is 0.821. The molecule has 2 atom stereocenters. The Hall–Kier alpha value is -1.99. The van der Waals surface area contributed by atoms with Crippen molar-refractivity contribution in [2.24, 2.45) is 0 Å². The predicted molar refractivity (Wildman–Crippen MR) is 88.7 cm³/mol. The van der Waals surface area contributed by atoms with Gasteiger partial charge in [0.15, 0.2) is 0 Å². The van der Waals surface area contributed by atoms with Crippen molar-refractivity contribution in [3.63, 3.8) is 0 Å². The zero-order chi connectivity index (χ0) is 17.1. The number of hydrogen-bond donors (Lipinski definition) is 2. The molecule has 1 aliphatic carbocycles. The van der Waals surface area contributed by atoms with Gasteiger partial charge in [-0.1, -0.05) is 0 Å². The second-order valence-electron chi connectivity index (χ2n) is 6.41. The Balaban J connectivity index is 1.58. The van der Waals surface area contributed by atoms with Crippen LogP contribution in [-0.2, 0) is 0 Å². The number of carbonyl (C=O) groups excluding carboxylic acids is 2. The van der Waals surface area contributed by atoms with Crippen LogP contribution in [0.1, 0.15) is 40.1 Å². The third kappa shape index (κ3) is 3.42. The van der Waals surface area contributed by atoms with Crippen LogP contribution in [0.3, 0.4) is 0 Å². The summed E-state index contributed by atoms with van der Waals surface area (Å²) in [6.45, 7) is 2.88. The fourth-order valence-corrected chi connectivity index (χ4v) is 3.57. The smallest absolute Gasteiger partial charge is 0.269 e. The van der Waals surface area contributed by atoms with Crippen LogP contribution < -0.4 is 5.32 Å². The monoisotopic (exact) mass is 332 g/mol. The van der Waals surface area contributed by atoms with E-state index in [-0.39, 0.29) is 24.0 Å². The lowest BCUT2D eigenvalue weighted by molar-refractivity contribution is 0.0315. The van der Waals surface area contributed by atoms with Crippen LogP contribution in [0.4, 0.5) is 0 Å². The van der Waals surface area contributed by atoms with Gasteiger partial charge in [0.05, 0.1) is 11.7 Å². The summed E-state index contributed by atoms with van der Waals surface area (Å²) in [4.78, 5) is 32.2. The Morgan fingerprint density at radius 3 is 2.50 bits per heavy atom. The lowest BCUT2D eigenvalue weighted by atomic mass is 10.1. The van der Waals surface area contributed by atoms with E-state index >= 15 is 0 Å². The molecule has 7 heteroatoms. The normalized spacial score (nSPS) is 24.8. The van der Waals surface area contributed by atoms with Gasteiger partial charge in [-0.25, -0.2) is 0 Å². The number of pyridine rings is 1. The second-order valence-corrected chi connectivity index (χ2v) is 6.41. The second kappa shape index (κ2) is 7.27. The number of aliphatic hydroxyl groups excluding tert-OH is 1. The Morgan fingerprint density at radius 1 is 1.21 bits per heavy atom. The average molecular weight is 332 g/mol. The van der Waals surface area contributed by atoms with E-state index in [2.05, 4.69) is 15.2 Å². The third-order valence-corrected chi connectivity index (χ3v) is 4.98. The van der Waals surface area contributed by atoms with E-state index in [9.17, 15) is 14.7 Å². The van der Waals surface area contributed by atoms with Crippen LogP contribution in [0.2, 0.25) is 0 Å². The standard InChI is InChI=1S/C17H24N4O3/c1-18-16(23)13-6-5-12(11-19-13)17(24)21-9-7-20(8-10-21)14-3-2-4-15(14)22/h5-6,11,14-15,22H,2-4,7-10H2,1H3,(H,18,23)/t14-,15-/m0/s1. The number of nitrogens with one attached hydrogen (secondary N) is 1. The molecule has 0 aromatic carbocycles. The van der Waals surface area contributed by atoms with E-state index in [0.717, 1.165) is 32.4 Å². The Morgan fingerprint density at radius 2 is 1.96 bits per heavy atom. The van der Waals surface area contributed by atoms with Gasteiger partial charge in [0.1, 0.15) is 5.69 Å². The fourth-order valence-electron chi connectivity index (χ4n) is 3.57. The third-order valence-electron chi connectivity index (χ3n) is 4.98. The Kier molecular flexibility index (Phi) is 5.11. The molecule has 0 radical (unpaired) electrons. The molecule has 1 saturated heterocycles. The Bertz CT molecular complexity index is 596. The first-order chi connectivity index (χ1) is 11.6. The molecule has 0 bridgehead atoms. The van der Waals surface area contributed by atoms with E-state index in [4.69, 9.17) is 0 Å². The highest BCUT2D eigenvalue weighted by molar-refractivity contribution is 5.96. The van der Waals surface area contributed by atoms with E-state index in [1.54, 1.807) is 19.2 Å². The first kappa shape index (κ1) is 16.9. The van der Waals surface area contributed by atoms with E-state index in [1.165, 1.54) is 6.20 Å². The number of aromatic nitrogens is 1. The Labute approximate surface area is 141 Å². The molecule has 7 nitrogen and oxygen atoms in total.